The molecule has 1 aliphatic rings. The Morgan fingerprint density at radius 2 is 1.15 bits per heavy atom. The Bertz CT molecular complexity index is 918. The number of rotatable bonds is 6. The first-order valence-corrected chi connectivity index (χ1v) is 9.31. The Balaban J connectivity index is 1.99. The molecule has 1 heterocycles. The second-order valence-corrected chi connectivity index (χ2v) is 6.96. The van der Waals surface area contributed by atoms with Crippen molar-refractivity contribution in [2.75, 3.05) is 0 Å². The number of benzene rings is 3. The standard InChI is InChI=1S/C26H23N/c1-3-22(20-13-7-5-8-14-20)26(19-27-25-18-12-11-17-24(25)26)23(4-2)21-15-9-6-10-16-21/h3-19,22-23H,1-2H2. The molecule has 0 amide bonds. The summed E-state index contributed by atoms with van der Waals surface area (Å²) in [6, 6.07) is 29.6. The van der Waals surface area contributed by atoms with Crippen molar-refractivity contribution < 1.29 is 0 Å². The minimum atomic E-state index is -0.358. The van der Waals surface area contributed by atoms with Gasteiger partial charge in [-0.3, -0.25) is 4.99 Å². The molecule has 3 aromatic carbocycles. The third-order valence-corrected chi connectivity index (χ3v) is 5.61. The van der Waals surface area contributed by atoms with Gasteiger partial charge in [-0.15, -0.1) is 13.2 Å². The lowest BCUT2D eigenvalue weighted by Gasteiger charge is -2.41. The lowest BCUT2D eigenvalue weighted by molar-refractivity contribution is 0.485. The fraction of sp³-hybridized carbons (Fsp3) is 0.115. The van der Waals surface area contributed by atoms with Crippen LogP contribution in [0.1, 0.15) is 28.5 Å². The molecule has 27 heavy (non-hydrogen) atoms. The number of nitrogens with zero attached hydrogens (tertiary/aromatic N) is 1. The number of aliphatic imine (C=N–C) groups is 1. The molecule has 4 rings (SSSR count). The highest BCUT2D eigenvalue weighted by atomic mass is 14.8. The molecule has 1 heteroatoms. The molecule has 1 nitrogen and oxygen atoms in total. The molecule has 0 bridgehead atoms. The quantitative estimate of drug-likeness (QED) is 0.446. The Labute approximate surface area is 161 Å². The molecule has 0 saturated carbocycles. The second-order valence-electron chi connectivity index (χ2n) is 6.96. The van der Waals surface area contributed by atoms with E-state index in [1.165, 1.54) is 16.7 Å². The molecule has 0 radical (unpaired) electrons. The Morgan fingerprint density at radius 3 is 1.67 bits per heavy atom. The van der Waals surface area contributed by atoms with Crippen molar-refractivity contribution in [3.63, 3.8) is 0 Å². The first kappa shape index (κ1) is 17.2. The predicted molar refractivity (Wildman–Crippen MR) is 115 cm³/mol. The van der Waals surface area contributed by atoms with E-state index < -0.39 is 0 Å². The van der Waals surface area contributed by atoms with Crippen molar-refractivity contribution in [3.8, 4) is 0 Å². The highest BCUT2D eigenvalue weighted by Crippen LogP contribution is 2.54. The first-order valence-electron chi connectivity index (χ1n) is 9.31. The van der Waals surface area contributed by atoms with Crippen molar-refractivity contribution in [1.29, 1.82) is 0 Å². The van der Waals surface area contributed by atoms with Gasteiger partial charge in [0.05, 0.1) is 11.1 Å². The molecule has 3 aromatic rings. The minimum Gasteiger partial charge on any atom is -0.260 e. The van der Waals surface area contributed by atoms with Crippen LogP contribution < -0.4 is 0 Å². The largest absolute Gasteiger partial charge is 0.260 e. The number of fused-ring (bicyclic) bond motifs is 1. The maximum Gasteiger partial charge on any atom is 0.0668 e. The summed E-state index contributed by atoms with van der Waals surface area (Å²) in [7, 11) is 0. The summed E-state index contributed by atoms with van der Waals surface area (Å²) >= 11 is 0. The van der Waals surface area contributed by atoms with Gasteiger partial charge >= 0.3 is 0 Å². The van der Waals surface area contributed by atoms with Crippen molar-refractivity contribution >= 4 is 11.9 Å². The van der Waals surface area contributed by atoms with Crippen molar-refractivity contribution in [3.05, 3.63) is 127 Å². The fourth-order valence-electron chi connectivity index (χ4n) is 4.42. The van der Waals surface area contributed by atoms with E-state index in [0.29, 0.717) is 0 Å². The maximum absolute atomic E-state index is 4.82. The molecule has 2 atom stereocenters. The van der Waals surface area contributed by atoms with Crippen LogP contribution in [-0.2, 0) is 5.41 Å². The molecule has 1 aliphatic heterocycles. The van der Waals surface area contributed by atoms with Gasteiger partial charge in [-0.1, -0.05) is 91.0 Å². The summed E-state index contributed by atoms with van der Waals surface area (Å²) in [5.41, 5.74) is 4.37. The highest BCUT2D eigenvalue weighted by molar-refractivity contribution is 5.89. The lowest BCUT2D eigenvalue weighted by atomic mass is 9.60. The normalized spacial score (nSPS) is 19.9. The van der Waals surface area contributed by atoms with Gasteiger partial charge in [0.15, 0.2) is 0 Å². The predicted octanol–water partition coefficient (Wildman–Crippen LogP) is 6.58. The van der Waals surface area contributed by atoms with Crippen LogP contribution in [-0.4, -0.2) is 6.21 Å². The molecule has 0 saturated heterocycles. The third kappa shape index (κ3) is 2.76. The van der Waals surface area contributed by atoms with Crippen LogP contribution in [0.4, 0.5) is 5.69 Å². The number of allylic oxidation sites excluding steroid dienone is 2. The van der Waals surface area contributed by atoms with Gasteiger partial charge in [0.2, 0.25) is 0 Å². The SMILES string of the molecule is C=CC(c1ccccc1)C1(C(C=C)c2ccccc2)C=Nc2ccccc21. The first-order chi connectivity index (χ1) is 13.3. The van der Waals surface area contributed by atoms with Gasteiger partial charge in [-0.05, 0) is 22.8 Å². The summed E-state index contributed by atoms with van der Waals surface area (Å²) in [6.45, 7) is 8.43. The van der Waals surface area contributed by atoms with E-state index in [1.807, 2.05) is 6.07 Å². The van der Waals surface area contributed by atoms with E-state index in [2.05, 4.69) is 110 Å². The van der Waals surface area contributed by atoms with Crippen LogP contribution >= 0.6 is 0 Å². The van der Waals surface area contributed by atoms with Gasteiger partial charge in [0.25, 0.3) is 0 Å². The third-order valence-electron chi connectivity index (χ3n) is 5.61. The van der Waals surface area contributed by atoms with Gasteiger partial charge in [-0.2, -0.15) is 0 Å². The molecule has 0 fully saturated rings. The monoisotopic (exact) mass is 349 g/mol. The summed E-state index contributed by atoms with van der Waals surface area (Å²) in [5, 5.41) is 0. The van der Waals surface area contributed by atoms with E-state index in [4.69, 9.17) is 4.99 Å². The van der Waals surface area contributed by atoms with Crippen LogP contribution in [0.5, 0.6) is 0 Å². The Morgan fingerprint density at radius 1 is 0.667 bits per heavy atom. The van der Waals surface area contributed by atoms with E-state index in [-0.39, 0.29) is 17.3 Å². The van der Waals surface area contributed by atoms with Crippen molar-refractivity contribution in [1.82, 2.24) is 0 Å². The van der Waals surface area contributed by atoms with Gasteiger partial charge in [0, 0.05) is 18.1 Å². The molecular weight excluding hydrogens is 326 g/mol. The summed E-state index contributed by atoms with van der Waals surface area (Å²) in [6.07, 6.45) is 6.24. The Kier molecular flexibility index (Phi) is 4.60. The van der Waals surface area contributed by atoms with Crippen LogP contribution in [0.25, 0.3) is 0 Å². The molecule has 0 aromatic heterocycles. The van der Waals surface area contributed by atoms with Crippen LogP contribution in [0.2, 0.25) is 0 Å². The van der Waals surface area contributed by atoms with Crippen LogP contribution in [0.3, 0.4) is 0 Å². The second kappa shape index (κ2) is 7.20. The zero-order chi connectivity index (χ0) is 18.7. The average molecular weight is 349 g/mol. The van der Waals surface area contributed by atoms with Crippen molar-refractivity contribution in [2.45, 2.75) is 17.3 Å². The fourth-order valence-corrected chi connectivity index (χ4v) is 4.42. The van der Waals surface area contributed by atoms with Gasteiger partial charge < -0.3 is 0 Å². The molecule has 0 spiro atoms. The van der Waals surface area contributed by atoms with Gasteiger partial charge in [-0.25, -0.2) is 0 Å². The molecule has 2 unspecified atom stereocenters. The number of hydrogen-bond donors (Lipinski definition) is 0. The number of hydrogen-bond acceptors (Lipinski definition) is 1. The summed E-state index contributed by atoms with van der Waals surface area (Å²) < 4.78 is 0. The highest BCUT2D eigenvalue weighted by Gasteiger charge is 2.48. The zero-order valence-electron chi connectivity index (χ0n) is 15.3. The topological polar surface area (TPSA) is 12.4 Å². The van der Waals surface area contributed by atoms with E-state index in [1.54, 1.807) is 0 Å². The summed E-state index contributed by atoms with van der Waals surface area (Å²) in [4.78, 5) is 4.82. The molecule has 0 N–H and O–H groups in total. The zero-order valence-corrected chi connectivity index (χ0v) is 15.3. The van der Waals surface area contributed by atoms with Crippen LogP contribution in [0.15, 0.2) is 115 Å². The summed E-state index contributed by atoms with van der Waals surface area (Å²) in [5.74, 6) is 0.156. The average Bonchev–Trinajstić information content (AvgIpc) is 3.11. The molecule has 132 valence electrons. The molecular formula is C26H23N. The molecule has 0 aliphatic carbocycles. The van der Waals surface area contributed by atoms with E-state index in [0.717, 1.165) is 5.69 Å². The van der Waals surface area contributed by atoms with E-state index >= 15 is 0 Å². The van der Waals surface area contributed by atoms with E-state index in [9.17, 15) is 0 Å². The smallest absolute Gasteiger partial charge is 0.0668 e. The lowest BCUT2D eigenvalue weighted by Crippen LogP contribution is -2.38. The maximum atomic E-state index is 4.82. The minimum absolute atomic E-state index is 0.0781. The van der Waals surface area contributed by atoms with Crippen LogP contribution in [0, 0.1) is 0 Å². The number of para-hydroxylation sites is 1. The Hall–Kier alpha value is -3.19. The van der Waals surface area contributed by atoms with Gasteiger partial charge in [0.1, 0.15) is 0 Å². The van der Waals surface area contributed by atoms with Crippen molar-refractivity contribution in [2.24, 2.45) is 4.99 Å².